The Morgan fingerprint density at radius 1 is 0.789 bits per heavy atom. The molecule has 0 aliphatic rings. The summed E-state index contributed by atoms with van der Waals surface area (Å²) in [7, 11) is 1.40. The standard InChI is InChI=1S/C9H14F6O4/c1-17-2-3-18-4-5-19-6-7(16,8(10,11)12)9(13,14)15/h16H,2-6H2,1H3. The van der Waals surface area contributed by atoms with Crippen LogP contribution in [-0.2, 0) is 14.2 Å². The summed E-state index contributed by atoms with van der Waals surface area (Å²) in [5.41, 5.74) is -4.88. The summed E-state index contributed by atoms with van der Waals surface area (Å²) in [6.07, 6.45) is -11.7. The molecule has 0 saturated carbocycles. The number of aliphatic hydroxyl groups is 1. The number of rotatable bonds is 8. The molecule has 0 heterocycles. The van der Waals surface area contributed by atoms with Crippen LogP contribution in [0.1, 0.15) is 0 Å². The molecular formula is C9H14F6O4. The number of methoxy groups -OCH3 is 1. The lowest BCUT2D eigenvalue weighted by atomic mass is 10.1. The predicted molar refractivity (Wildman–Crippen MR) is 50.6 cm³/mol. The second kappa shape index (κ2) is 7.27. The van der Waals surface area contributed by atoms with Gasteiger partial charge in [-0.2, -0.15) is 26.3 Å². The molecule has 0 radical (unpaired) electrons. The highest BCUT2D eigenvalue weighted by atomic mass is 19.4. The van der Waals surface area contributed by atoms with Crippen molar-refractivity contribution in [3.63, 3.8) is 0 Å². The largest absolute Gasteiger partial charge is 0.428 e. The lowest BCUT2D eigenvalue weighted by Gasteiger charge is -2.31. The Balaban J connectivity index is 4.18. The van der Waals surface area contributed by atoms with Crippen molar-refractivity contribution in [2.45, 2.75) is 18.0 Å². The summed E-state index contributed by atoms with van der Waals surface area (Å²) >= 11 is 0. The second-order valence-electron chi connectivity index (χ2n) is 3.51. The van der Waals surface area contributed by atoms with Crippen LogP contribution in [-0.4, -0.2) is 63.2 Å². The van der Waals surface area contributed by atoms with Crippen LogP contribution >= 0.6 is 0 Å². The monoisotopic (exact) mass is 300 g/mol. The van der Waals surface area contributed by atoms with E-state index < -0.39 is 31.2 Å². The van der Waals surface area contributed by atoms with E-state index in [4.69, 9.17) is 9.84 Å². The molecule has 0 atom stereocenters. The number of alkyl halides is 6. The normalized spacial score (nSPS) is 13.9. The zero-order chi connectivity index (χ0) is 15.2. The van der Waals surface area contributed by atoms with Crippen molar-refractivity contribution in [3.8, 4) is 0 Å². The van der Waals surface area contributed by atoms with Crippen molar-refractivity contribution in [3.05, 3.63) is 0 Å². The first-order chi connectivity index (χ1) is 8.56. The van der Waals surface area contributed by atoms with E-state index in [2.05, 4.69) is 9.47 Å². The van der Waals surface area contributed by atoms with Gasteiger partial charge < -0.3 is 19.3 Å². The molecule has 19 heavy (non-hydrogen) atoms. The van der Waals surface area contributed by atoms with Gasteiger partial charge in [-0.1, -0.05) is 0 Å². The molecule has 0 aromatic carbocycles. The minimum absolute atomic E-state index is 0.128. The van der Waals surface area contributed by atoms with Gasteiger partial charge in [0.1, 0.15) is 0 Å². The van der Waals surface area contributed by atoms with E-state index >= 15 is 0 Å². The number of halogens is 6. The molecule has 0 unspecified atom stereocenters. The average Bonchev–Trinajstić information content (AvgIpc) is 2.24. The van der Waals surface area contributed by atoms with Gasteiger partial charge in [-0.05, 0) is 0 Å². The number of ether oxygens (including phenoxy) is 3. The van der Waals surface area contributed by atoms with E-state index in [-0.39, 0.29) is 19.8 Å². The lowest BCUT2D eigenvalue weighted by Crippen LogP contribution is -2.60. The molecule has 1 N–H and O–H groups in total. The van der Waals surface area contributed by atoms with E-state index in [9.17, 15) is 26.3 Å². The molecule has 0 spiro atoms. The van der Waals surface area contributed by atoms with Gasteiger partial charge in [0, 0.05) is 7.11 Å². The van der Waals surface area contributed by atoms with Crippen LogP contribution in [0.2, 0.25) is 0 Å². The minimum Gasteiger partial charge on any atom is -0.382 e. The smallest absolute Gasteiger partial charge is 0.382 e. The van der Waals surface area contributed by atoms with Crippen LogP contribution < -0.4 is 0 Å². The van der Waals surface area contributed by atoms with Crippen molar-refractivity contribution < 1.29 is 45.7 Å². The quantitative estimate of drug-likeness (QED) is 0.545. The highest BCUT2D eigenvalue weighted by Crippen LogP contribution is 2.43. The third-order valence-corrected chi connectivity index (χ3v) is 2.05. The molecule has 0 amide bonds. The second-order valence-corrected chi connectivity index (χ2v) is 3.51. The van der Waals surface area contributed by atoms with Crippen molar-refractivity contribution in [1.82, 2.24) is 0 Å². The van der Waals surface area contributed by atoms with Gasteiger partial charge in [0.25, 0.3) is 5.60 Å². The van der Waals surface area contributed by atoms with E-state index in [1.54, 1.807) is 0 Å². The Hall–Kier alpha value is -0.580. The highest BCUT2D eigenvalue weighted by Gasteiger charge is 2.70. The molecule has 0 fully saturated rings. The molecule has 0 bridgehead atoms. The molecule has 116 valence electrons. The minimum atomic E-state index is -5.87. The lowest BCUT2D eigenvalue weighted by molar-refractivity contribution is -0.378. The van der Waals surface area contributed by atoms with Gasteiger partial charge in [-0.25, -0.2) is 0 Å². The molecule has 0 saturated heterocycles. The van der Waals surface area contributed by atoms with Crippen LogP contribution in [0.15, 0.2) is 0 Å². The van der Waals surface area contributed by atoms with Gasteiger partial charge in [-0.15, -0.1) is 0 Å². The Morgan fingerprint density at radius 3 is 1.63 bits per heavy atom. The molecule has 0 aliphatic heterocycles. The molecular weight excluding hydrogens is 286 g/mol. The maximum absolute atomic E-state index is 12.2. The maximum atomic E-state index is 12.2. The molecule has 10 heteroatoms. The van der Waals surface area contributed by atoms with Crippen molar-refractivity contribution >= 4 is 0 Å². The molecule has 0 aliphatic carbocycles. The number of hydrogen-bond donors (Lipinski definition) is 1. The van der Waals surface area contributed by atoms with Crippen LogP contribution in [0.25, 0.3) is 0 Å². The van der Waals surface area contributed by atoms with E-state index in [0.717, 1.165) is 0 Å². The summed E-state index contributed by atoms with van der Waals surface area (Å²) in [6, 6.07) is 0. The molecule has 4 nitrogen and oxygen atoms in total. The highest BCUT2D eigenvalue weighted by molar-refractivity contribution is 4.93. The van der Waals surface area contributed by atoms with Crippen molar-refractivity contribution in [2.75, 3.05) is 40.1 Å². The van der Waals surface area contributed by atoms with Crippen LogP contribution in [0.3, 0.4) is 0 Å². The Labute approximate surface area is 105 Å². The number of hydrogen-bond acceptors (Lipinski definition) is 4. The average molecular weight is 300 g/mol. The fourth-order valence-electron chi connectivity index (χ4n) is 0.906. The van der Waals surface area contributed by atoms with E-state index in [1.807, 2.05) is 0 Å². The van der Waals surface area contributed by atoms with Gasteiger partial charge >= 0.3 is 12.4 Å². The zero-order valence-electron chi connectivity index (χ0n) is 9.98. The zero-order valence-corrected chi connectivity index (χ0v) is 9.98. The Morgan fingerprint density at radius 2 is 1.21 bits per heavy atom. The fourth-order valence-corrected chi connectivity index (χ4v) is 0.906. The van der Waals surface area contributed by atoms with Gasteiger partial charge in [-0.3, -0.25) is 0 Å². The van der Waals surface area contributed by atoms with Crippen molar-refractivity contribution in [1.29, 1.82) is 0 Å². The first kappa shape index (κ1) is 18.4. The van der Waals surface area contributed by atoms with Crippen LogP contribution in [0.5, 0.6) is 0 Å². The molecule has 0 aromatic heterocycles. The first-order valence-corrected chi connectivity index (χ1v) is 5.06. The first-order valence-electron chi connectivity index (χ1n) is 5.06. The fraction of sp³-hybridized carbons (Fsp3) is 1.00. The van der Waals surface area contributed by atoms with E-state index in [0.29, 0.717) is 0 Å². The predicted octanol–water partition coefficient (Wildman–Crippen LogP) is 1.52. The third-order valence-electron chi connectivity index (χ3n) is 2.05. The third kappa shape index (κ3) is 5.51. The summed E-state index contributed by atoms with van der Waals surface area (Å²) in [4.78, 5) is 0. The van der Waals surface area contributed by atoms with Gasteiger partial charge in [0.2, 0.25) is 0 Å². The van der Waals surface area contributed by atoms with E-state index in [1.165, 1.54) is 7.11 Å². The SMILES string of the molecule is COCCOCCOCC(O)(C(F)(F)F)C(F)(F)F. The summed E-state index contributed by atoms with van der Waals surface area (Å²) in [5.74, 6) is 0. The molecule has 0 aromatic rings. The topological polar surface area (TPSA) is 47.9 Å². The van der Waals surface area contributed by atoms with Crippen LogP contribution in [0, 0.1) is 0 Å². The summed E-state index contributed by atoms with van der Waals surface area (Å²) in [6.45, 7) is -2.31. The molecule has 0 rings (SSSR count). The van der Waals surface area contributed by atoms with Gasteiger partial charge in [0.15, 0.2) is 0 Å². The maximum Gasteiger partial charge on any atom is 0.428 e. The van der Waals surface area contributed by atoms with Crippen molar-refractivity contribution in [2.24, 2.45) is 0 Å². The summed E-state index contributed by atoms with van der Waals surface area (Å²) in [5, 5.41) is 8.69. The van der Waals surface area contributed by atoms with Gasteiger partial charge in [0.05, 0.1) is 33.0 Å². The Kier molecular flexibility index (Phi) is 7.05. The Bertz CT molecular complexity index is 238. The van der Waals surface area contributed by atoms with Crippen LogP contribution in [0.4, 0.5) is 26.3 Å². The summed E-state index contributed by atoms with van der Waals surface area (Å²) < 4.78 is 86.6.